The molecule has 2 N–H and O–H groups in total. The summed E-state index contributed by atoms with van der Waals surface area (Å²) in [5.41, 5.74) is 5.00. The lowest BCUT2D eigenvalue weighted by Gasteiger charge is -2.26. The van der Waals surface area contributed by atoms with Crippen LogP contribution >= 0.6 is 0 Å². The molecule has 0 aromatic carbocycles. The van der Waals surface area contributed by atoms with Crippen molar-refractivity contribution in [2.75, 3.05) is 27.2 Å². The van der Waals surface area contributed by atoms with Crippen LogP contribution < -0.4 is 5.73 Å². The number of carbonyl (C=O) groups is 1. The smallest absolute Gasteiger partial charge is 0.325 e. The molecule has 0 aromatic rings. The van der Waals surface area contributed by atoms with Crippen molar-refractivity contribution in [3.8, 4) is 0 Å². The van der Waals surface area contributed by atoms with E-state index in [1.807, 2.05) is 0 Å². The molecule has 2 unspecified atom stereocenters. The number of methoxy groups -OCH3 is 1. The molecule has 0 heterocycles. The fourth-order valence-corrected chi connectivity index (χ4v) is 1.51. The normalized spacial score (nSPS) is 16.9. The molecule has 4 nitrogen and oxygen atoms in total. The molecule has 0 bridgehead atoms. The maximum absolute atomic E-state index is 11.4. The molecule has 96 valence electrons. The summed E-state index contributed by atoms with van der Waals surface area (Å²) in [6.07, 6.45) is 1.79. The summed E-state index contributed by atoms with van der Waals surface area (Å²) < 4.78 is 4.67. The van der Waals surface area contributed by atoms with Crippen molar-refractivity contribution in [2.45, 2.75) is 39.2 Å². The second kappa shape index (κ2) is 6.86. The highest BCUT2D eigenvalue weighted by atomic mass is 16.5. The summed E-state index contributed by atoms with van der Waals surface area (Å²) in [4.78, 5) is 13.6. The molecule has 2 atom stereocenters. The van der Waals surface area contributed by atoms with Crippen molar-refractivity contribution in [3.05, 3.63) is 0 Å². The minimum absolute atomic E-state index is 0.343. The Balaban J connectivity index is 3.99. The maximum Gasteiger partial charge on any atom is 0.325 e. The fraction of sp³-hybridized carbons (Fsp3) is 0.917. The van der Waals surface area contributed by atoms with Gasteiger partial charge in [0.15, 0.2) is 0 Å². The number of nitrogens with zero attached hydrogens (tertiary/aromatic N) is 1. The van der Waals surface area contributed by atoms with E-state index in [9.17, 15) is 4.79 Å². The largest absolute Gasteiger partial charge is 0.468 e. The summed E-state index contributed by atoms with van der Waals surface area (Å²) in [6.45, 7) is 7.97. The van der Waals surface area contributed by atoms with Gasteiger partial charge in [0, 0.05) is 13.1 Å². The van der Waals surface area contributed by atoms with Crippen molar-refractivity contribution in [1.29, 1.82) is 0 Å². The first-order chi connectivity index (χ1) is 7.33. The summed E-state index contributed by atoms with van der Waals surface area (Å²) in [5.74, 6) is 0.330. The van der Waals surface area contributed by atoms with Gasteiger partial charge in [-0.05, 0) is 26.3 Å². The van der Waals surface area contributed by atoms with Crippen molar-refractivity contribution < 1.29 is 9.53 Å². The van der Waals surface area contributed by atoms with Crippen LogP contribution in [0.3, 0.4) is 0 Å². The summed E-state index contributed by atoms with van der Waals surface area (Å²) in [6, 6.07) is 0. The molecule has 0 saturated heterocycles. The molecule has 0 fully saturated rings. The van der Waals surface area contributed by atoms with E-state index in [2.05, 4.69) is 30.5 Å². The van der Waals surface area contributed by atoms with Crippen LogP contribution in [-0.2, 0) is 9.53 Å². The van der Waals surface area contributed by atoms with Gasteiger partial charge in [-0.15, -0.1) is 0 Å². The standard InChI is InChI=1S/C12H26N2O2/c1-6-10(2)9-14(4)8-7-12(3,13)11(15)16-5/h10H,6-9,13H2,1-5H3. The lowest BCUT2D eigenvalue weighted by atomic mass is 9.99. The second-order valence-corrected chi connectivity index (χ2v) is 4.93. The Hall–Kier alpha value is -0.610. The zero-order valence-electron chi connectivity index (χ0n) is 11.2. The summed E-state index contributed by atoms with van der Waals surface area (Å²) >= 11 is 0. The van der Waals surface area contributed by atoms with Gasteiger partial charge in [0.25, 0.3) is 0 Å². The van der Waals surface area contributed by atoms with Gasteiger partial charge in [-0.25, -0.2) is 0 Å². The number of hydrogen-bond acceptors (Lipinski definition) is 4. The van der Waals surface area contributed by atoms with Gasteiger partial charge in [-0.2, -0.15) is 0 Å². The molecule has 0 aliphatic rings. The van der Waals surface area contributed by atoms with Crippen LogP contribution in [-0.4, -0.2) is 43.7 Å². The summed E-state index contributed by atoms with van der Waals surface area (Å²) in [7, 11) is 3.43. The number of hydrogen-bond donors (Lipinski definition) is 1. The van der Waals surface area contributed by atoms with E-state index in [4.69, 9.17) is 5.73 Å². The van der Waals surface area contributed by atoms with E-state index in [-0.39, 0.29) is 5.97 Å². The van der Waals surface area contributed by atoms with E-state index < -0.39 is 5.54 Å². The van der Waals surface area contributed by atoms with Gasteiger partial charge in [0.05, 0.1) is 7.11 Å². The Labute approximate surface area is 99.1 Å². The van der Waals surface area contributed by atoms with E-state index in [1.54, 1.807) is 6.92 Å². The van der Waals surface area contributed by atoms with E-state index in [0.717, 1.165) is 13.1 Å². The lowest BCUT2D eigenvalue weighted by molar-refractivity contribution is -0.146. The van der Waals surface area contributed by atoms with Gasteiger partial charge in [-0.3, -0.25) is 4.79 Å². The quantitative estimate of drug-likeness (QED) is 0.669. The van der Waals surface area contributed by atoms with Crippen LogP contribution in [0.15, 0.2) is 0 Å². The zero-order chi connectivity index (χ0) is 12.8. The van der Waals surface area contributed by atoms with Gasteiger partial charge in [-0.1, -0.05) is 20.3 Å². The highest BCUT2D eigenvalue weighted by Crippen LogP contribution is 2.10. The van der Waals surface area contributed by atoms with E-state index in [0.29, 0.717) is 12.3 Å². The van der Waals surface area contributed by atoms with Crippen LogP contribution in [0.2, 0.25) is 0 Å². The molecule has 0 aromatic heterocycles. The summed E-state index contributed by atoms with van der Waals surface area (Å²) in [5, 5.41) is 0. The first-order valence-electron chi connectivity index (χ1n) is 5.89. The Morgan fingerprint density at radius 1 is 1.56 bits per heavy atom. The monoisotopic (exact) mass is 230 g/mol. The number of rotatable bonds is 7. The average Bonchev–Trinajstić information content (AvgIpc) is 2.25. The van der Waals surface area contributed by atoms with Gasteiger partial charge >= 0.3 is 5.97 Å². The Kier molecular flexibility index (Phi) is 6.60. The third-order valence-electron chi connectivity index (χ3n) is 2.98. The topological polar surface area (TPSA) is 55.6 Å². The van der Waals surface area contributed by atoms with Crippen molar-refractivity contribution >= 4 is 5.97 Å². The molecule has 0 amide bonds. The fourth-order valence-electron chi connectivity index (χ4n) is 1.51. The van der Waals surface area contributed by atoms with Crippen molar-refractivity contribution in [1.82, 2.24) is 4.90 Å². The van der Waals surface area contributed by atoms with Crippen LogP contribution in [0.1, 0.15) is 33.6 Å². The number of carbonyl (C=O) groups excluding carboxylic acids is 1. The molecule has 0 saturated carbocycles. The third kappa shape index (κ3) is 5.47. The molecule has 16 heavy (non-hydrogen) atoms. The second-order valence-electron chi connectivity index (χ2n) is 4.93. The van der Waals surface area contributed by atoms with E-state index >= 15 is 0 Å². The molecule has 0 aliphatic heterocycles. The minimum Gasteiger partial charge on any atom is -0.468 e. The number of esters is 1. The Morgan fingerprint density at radius 3 is 2.56 bits per heavy atom. The molecule has 0 rings (SSSR count). The highest BCUT2D eigenvalue weighted by Gasteiger charge is 2.29. The molecule has 0 radical (unpaired) electrons. The Morgan fingerprint density at radius 2 is 2.12 bits per heavy atom. The molecular formula is C12H26N2O2. The predicted molar refractivity (Wildman–Crippen MR) is 66.2 cm³/mol. The van der Waals surface area contributed by atoms with E-state index in [1.165, 1.54) is 13.5 Å². The molecular weight excluding hydrogens is 204 g/mol. The van der Waals surface area contributed by atoms with Crippen LogP contribution in [0.5, 0.6) is 0 Å². The third-order valence-corrected chi connectivity index (χ3v) is 2.98. The van der Waals surface area contributed by atoms with Gasteiger partial charge in [0.1, 0.15) is 5.54 Å². The Bertz CT molecular complexity index is 217. The highest BCUT2D eigenvalue weighted by molar-refractivity contribution is 5.79. The zero-order valence-corrected chi connectivity index (χ0v) is 11.2. The molecule has 0 aliphatic carbocycles. The van der Waals surface area contributed by atoms with Crippen LogP contribution in [0.4, 0.5) is 0 Å². The number of nitrogens with two attached hydrogens (primary N) is 1. The molecule has 0 spiro atoms. The minimum atomic E-state index is -0.877. The van der Waals surface area contributed by atoms with Crippen molar-refractivity contribution in [3.63, 3.8) is 0 Å². The SMILES string of the molecule is CCC(C)CN(C)CCC(C)(N)C(=O)OC. The predicted octanol–water partition coefficient (Wildman–Crippen LogP) is 1.24. The van der Waals surface area contributed by atoms with Gasteiger partial charge in [0.2, 0.25) is 0 Å². The number of ether oxygens (including phenoxy) is 1. The first kappa shape index (κ1) is 15.4. The van der Waals surface area contributed by atoms with Crippen LogP contribution in [0, 0.1) is 5.92 Å². The van der Waals surface area contributed by atoms with Crippen LogP contribution in [0.25, 0.3) is 0 Å². The van der Waals surface area contributed by atoms with Crippen molar-refractivity contribution in [2.24, 2.45) is 11.7 Å². The molecule has 4 heteroatoms. The lowest BCUT2D eigenvalue weighted by Crippen LogP contribution is -2.48. The average molecular weight is 230 g/mol. The van der Waals surface area contributed by atoms with Gasteiger partial charge < -0.3 is 15.4 Å². The first-order valence-corrected chi connectivity index (χ1v) is 5.89. The maximum atomic E-state index is 11.4.